The van der Waals surface area contributed by atoms with Crippen LogP contribution in [0.3, 0.4) is 0 Å². The molecule has 0 spiro atoms. The molecular weight excluding hydrogens is 340 g/mol. The highest BCUT2D eigenvalue weighted by molar-refractivity contribution is 5.62. The molecule has 0 saturated heterocycles. The summed E-state index contributed by atoms with van der Waals surface area (Å²) in [5.41, 5.74) is -0.0680. The van der Waals surface area contributed by atoms with Crippen molar-refractivity contribution in [1.82, 2.24) is 9.97 Å². The van der Waals surface area contributed by atoms with Gasteiger partial charge >= 0.3 is 0 Å². The zero-order valence-corrected chi connectivity index (χ0v) is 13.7. The van der Waals surface area contributed by atoms with Crippen LogP contribution in [0, 0.1) is 0 Å². The van der Waals surface area contributed by atoms with Crippen LogP contribution in [0.4, 0.5) is 0 Å². The summed E-state index contributed by atoms with van der Waals surface area (Å²) in [4.78, 5) is 19.0. The van der Waals surface area contributed by atoms with Crippen LogP contribution < -0.4 is 24.5 Å². The van der Waals surface area contributed by atoms with E-state index >= 15 is 0 Å². The fourth-order valence-corrected chi connectivity index (χ4v) is 2.54. The molecule has 1 aliphatic heterocycles. The highest BCUT2D eigenvalue weighted by Gasteiger charge is 2.18. The van der Waals surface area contributed by atoms with Crippen molar-refractivity contribution in [2.24, 2.45) is 0 Å². The summed E-state index contributed by atoms with van der Waals surface area (Å²) in [6.07, 6.45) is 0. The van der Waals surface area contributed by atoms with Crippen LogP contribution in [-0.2, 0) is 0 Å². The lowest BCUT2D eigenvalue weighted by atomic mass is 10.2. The van der Waals surface area contributed by atoms with Crippen molar-refractivity contribution < 1.29 is 24.1 Å². The van der Waals surface area contributed by atoms with Crippen molar-refractivity contribution in [2.75, 3.05) is 13.9 Å². The molecular formula is C18H14N2O6. The summed E-state index contributed by atoms with van der Waals surface area (Å²) in [6, 6.07) is 11.8. The first-order chi connectivity index (χ1) is 12.7. The predicted octanol–water partition coefficient (Wildman–Crippen LogP) is 2.67. The van der Waals surface area contributed by atoms with Gasteiger partial charge in [-0.2, -0.15) is 4.98 Å². The molecule has 26 heavy (non-hydrogen) atoms. The molecule has 0 atom stereocenters. The maximum Gasteiger partial charge on any atom is 0.298 e. The van der Waals surface area contributed by atoms with Gasteiger partial charge in [0.05, 0.1) is 7.11 Å². The highest BCUT2D eigenvalue weighted by Crippen LogP contribution is 2.36. The first-order valence-electron chi connectivity index (χ1n) is 7.70. The van der Waals surface area contributed by atoms with E-state index in [0.717, 1.165) is 0 Å². The van der Waals surface area contributed by atoms with Gasteiger partial charge in [-0.1, -0.05) is 12.1 Å². The average molecular weight is 354 g/mol. The first kappa shape index (κ1) is 15.8. The summed E-state index contributed by atoms with van der Waals surface area (Å²) < 4.78 is 21.2. The Morgan fingerprint density at radius 1 is 1.12 bits per heavy atom. The van der Waals surface area contributed by atoms with E-state index < -0.39 is 11.4 Å². The van der Waals surface area contributed by atoms with Crippen molar-refractivity contribution in [2.45, 2.75) is 0 Å². The third-order valence-corrected chi connectivity index (χ3v) is 3.79. The molecule has 0 bridgehead atoms. The number of nitrogens with one attached hydrogen (secondary N) is 1. The van der Waals surface area contributed by atoms with Crippen LogP contribution in [0.1, 0.15) is 0 Å². The lowest BCUT2D eigenvalue weighted by Crippen LogP contribution is -2.12. The van der Waals surface area contributed by atoms with Gasteiger partial charge in [0.15, 0.2) is 23.0 Å². The SMILES string of the molecule is COc1ccccc1Oc1c(O)nc(-c2ccc3c(c2)OCO3)[nH]c1=O. The molecule has 1 aliphatic rings. The fourth-order valence-electron chi connectivity index (χ4n) is 2.54. The molecule has 8 nitrogen and oxygen atoms in total. The Morgan fingerprint density at radius 2 is 1.88 bits per heavy atom. The Labute approximate surface area is 147 Å². The van der Waals surface area contributed by atoms with Crippen molar-refractivity contribution >= 4 is 0 Å². The monoisotopic (exact) mass is 354 g/mol. The molecule has 0 aliphatic carbocycles. The van der Waals surface area contributed by atoms with E-state index in [1.807, 2.05) is 0 Å². The molecule has 3 aromatic rings. The van der Waals surface area contributed by atoms with Crippen LogP contribution in [0.25, 0.3) is 11.4 Å². The quantitative estimate of drug-likeness (QED) is 0.742. The smallest absolute Gasteiger partial charge is 0.298 e. The number of H-pyrrole nitrogens is 1. The van der Waals surface area contributed by atoms with Crippen molar-refractivity contribution in [3.63, 3.8) is 0 Å². The Bertz CT molecular complexity index is 1030. The molecule has 1 aromatic heterocycles. The maximum absolute atomic E-state index is 12.4. The van der Waals surface area contributed by atoms with Crippen molar-refractivity contribution in [3.05, 3.63) is 52.8 Å². The third-order valence-electron chi connectivity index (χ3n) is 3.79. The summed E-state index contributed by atoms with van der Waals surface area (Å²) in [5, 5.41) is 10.2. The Hall–Kier alpha value is -3.68. The molecule has 4 rings (SSSR count). The van der Waals surface area contributed by atoms with Crippen LogP contribution in [0.2, 0.25) is 0 Å². The maximum atomic E-state index is 12.4. The fraction of sp³-hybridized carbons (Fsp3) is 0.111. The number of rotatable bonds is 4. The van der Waals surface area contributed by atoms with E-state index in [9.17, 15) is 9.90 Å². The molecule has 0 unspecified atom stereocenters. The topological polar surface area (TPSA) is 103 Å². The van der Waals surface area contributed by atoms with Crippen molar-refractivity contribution in [1.29, 1.82) is 0 Å². The lowest BCUT2D eigenvalue weighted by Gasteiger charge is -2.11. The Kier molecular flexibility index (Phi) is 3.85. The average Bonchev–Trinajstić information content (AvgIpc) is 3.12. The molecule has 2 aromatic carbocycles. The largest absolute Gasteiger partial charge is 0.493 e. The number of hydrogen-bond acceptors (Lipinski definition) is 7. The molecule has 0 radical (unpaired) electrons. The number of fused-ring (bicyclic) bond motifs is 1. The molecule has 132 valence electrons. The van der Waals surface area contributed by atoms with Gasteiger partial charge in [0.25, 0.3) is 17.2 Å². The van der Waals surface area contributed by atoms with Gasteiger partial charge in [0, 0.05) is 5.56 Å². The molecule has 8 heteroatoms. The van der Waals surface area contributed by atoms with E-state index in [1.165, 1.54) is 7.11 Å². The second-order valence-corrected chi connectivity index (χ2v) is 5.39. The minimum atomic E-state index is -0.629. The Morgan fingerprint density at radius 3 is 2.65 bits per heavy atom. The van der Waals surface area contributed by atoms with Gasteiger partial charge in [0.1, 0.15) is 5.82 Å². The van der Waals surface area contributed by atoms with Gasteiger partial charge < -0.3 is 29.0 Å². The van der Waals surface area contributed by atoms with Crippen molar-refractivity contribution in [3.8, 4) is 46.0 Å². The number of methoxy groups -OCH3 is 1. The van der Waals surface area contributed by atoms with E-state index in [4.69, 9.17) is 18.9 Å². The van der Waals surface area contributed by atoms with E-state index in [2.05, 4.69) is 9.97 Å². The second kappa shape index (κ2) is 6.32. The number of hydrogen-bond donors (Lipinski definition) is 2. The first-order valence-corrected chi connectivity index (χ1v) is 7.70. The van der Waals surface area contributed by atoms with Crippen LogP contribution in [0.15, 0.2) is 47.3 Å². The Balaban J connectivity index is 1.70. The molecule has 0 saturated carbocycles. The van der Waals surface area contributed by atoms with E-state index in [0.29, 0.717) is 22.8 Å². The summed E-state index contributed by atoms with van der Waals surface area (Å²) in [5.74, 6) is 1.18. The minimum Gasteiger partial charge on any atom is -0.493 e. The van der Waals surface area contributed by atoms with Gasteiger partial charge in [-0.05, 0) is 30.3 Å². The second-order valence-electron chi connectivity index (χ2n) is 5.39. The van der Waals surface area contributed by atoms with E-state index in [-0.39, 0.29) is 24.1 Å². The molecule has 2 heterocycles. The highest BCUT2D eigenvalue weighted by atomic mass is 16.7. The van der Waals surface area contributed by atoms with Gasteiger partial charge in [-0.25, -0.2) is 0 Å². The molecule has 0 amide bonds. The number of benzene rings is 2. The number of para-hydroxylation sites is 2. The summed E-state index contributed by atoms with van der Waals surface area (Å²) >= 11 is 0. The van der Waals surface area contributed by atoms with Crippen LogP contribution >= 0.6 is 0 Å². The van der Waals surface area contributed by atoms with Gasteiger partial charge in [-0.3, -0.25) is 4.79 Å². The van der Waals surface area contributed by atoms with Crippen LogP contribution in [-0.4, -0.2) is 29.0 Å². The van der Waals surface area contributed by atoms with E-state index in [1.54, 1.807) is 42.5 Å². The predicted molar refractivity (Wildman–Crippen MR) is 91.1 cm³/mol. The minimum absolute atomic E-state index is 0.139. The number of ether oxygens (including phenoxy) is 4. The normalized spacial score (nSPS) is 12.0. The van der Waals surface area contributed by atoms with Gasteiger partial charge in [0.2, 0.25) is 6.79 Å². The van der Waals surface area contributed by atoms with Crippen LogP contribution in [0.5, 0.6) is 34.6 Å². The number of aromatic hydroxyl groups is 1. The number of nitrogens with zero attached hydrogens (tertiary/aromatic N) is 1. The zero-order valence-electron chi connectivity index (χ0n) is 13.7. The number of aromatic nitrogens is 2. The molecule has 2 N–H and O–H groups in total. The standard InChI is InChI=1S/C18H14N2O6/c1-23-11-4-2-3-5-13(11)26-15-17(21)19-16(20-18(15)22)10-6-7-12-14(8-10)25-9-24-12/h2-8H,9H2,1H3,(H2,19,20,21,22). The molecule has 0 fully saturated rings. The third kappa shape index (κ3) is 2.77. The number of aromatic amines is 1. The zero-order chi connectivity index (χ0) is 18.1. The van der Waals surface area contributed by atoms with Gasteiger partial charge in [-0.15, -0.1) is 0 Å². The lowest BCUT2D eigenvalue weighted by molar-refractivity contribution is 0.174. The summed E-state index contributed by atoms with van der Waals surface area (Å²) in [6.45, 7) is 0.139. The summed E-state index contributed by atoms with van der Waals surface area (Å²) in [7, 11) is 1.48.